The highest BCUT2D eigenvalue weighted by Crippen LogP contribution is 2.69. The van der Waals surface area contributed by atoms with Gasteiger partial charge in [0.15, 0.2) is 0 Å². The number of rotatable bonds is 2. The number of benzene rings is 6. The van der Waals surface area contributed by atoms with E-state index in [2.05, 4.69) is 156 Å². The van der Waals surface area contributed by atoms with Crippen LogP contribution in [-0.4, -0.2) is 12.6 Å². The van der Waals surface area contributed by atoms with Crippen LogP contribution in [0.3, 0.4) is 0 Å². The number of para-hydroxylation sites is 3. The van der Waals surface area contributed by atoms with E-state index in [0.29, 0.717) is 0 Å². The first-order chi connectivity index (χ1) is 25.0. The van der Waals surface area contributed by atoms with Gasteiger partial charge in [-0.25, -0.2) is 0 Å². The number of nitrogens with zero attached hydrogens (tertiary/aromatic N) is 2. The maximum atomic E-state index is 2.60. The van der Waals surface area contributed by atoms with E-state index >= 15 is 0 Å². The molecule has 7 aromatic rings. The van der Waals surface area contributed by atoms with Gasteiger partial charge in [-0.15, -0.1) is 0 Å². The molecule has 248 valence electrons. The molecule has 4 bridgehead atoms. The highest BCUT2D eigenvalue weighted by Gasteiger charge is 2.61. The SMILES string of the molecule is C[Si]1(C)c2ccccc2-c2cc(-n3c4ccccc4c4cc(N5c6ccccc6C6(c7ccccc75)C5CC7CC(C5)CC6C7)ccc43)ccc21. The summed E-state index contributed by atoms with van der Waals surface area (Å²) in [7, 11) is -1.72. The molecule has 2 nitrogen and oxygen atoms in total. The Morgan fingerprint density at radius 2 is 1.10 bits per heavy atom. The molecular weight excluding hydrogens is 633 g/mol. The zero-order chi connectivity index (χ0) is 33.6. The summed E-state index contributed by atoms with van der Waals surface area (Å²) in [5, 5.41) is 5.72. The van der Waals surface area contributed by atoms with Crippen molar-refractivity contribution in [1.29, 1.82) is 0 Å². The lowest BCUT2D eigenvalue weighted by Crippen LogP contribution is -2.57. The topological polar surface area (TPSA) is 8.17 Å². The van der Waals surface area contributed by atoms with Gasteiger partial charge in [-0.1, -0.05) is 98.0 Å². The Balaban J connectivity index is 1.06. The largest absolute Gasteiger partial charge is 0.310 e. The molecule has 6 aromatic carbocycles. The molecule has 1 aromatic heterocycles. The van der Waals surface area contributed by atoms with E-state index in [1.165, 1.54) is 87.8 Å². The van der Waals surface area contributed by atoms with Crippen molar-refractivity contribution in [1.82, 2.24) is 4.57 Å². The maximum Gasteiger partial charge on any atom is 0.113 e. The molecule has 4 saturated carbocycles. The minimum absolute atomic E-state index is 0.126. The molecule has 2 aliphatic heterocycles. The molecule has 0 radical (unpaired) electrons. The summed E-state index contributed by atoms with van der Waals surface area (Å²) in [6.07, 6.45) is 7.07. The van der Waals surface area contributed by atoms with Crippen LogP contribution in [-0.2, 0) is 5.41 Å². The van der Waals surface area contributed by atoms with Gasteiger partial charge in [-0.3, -0.25) is 0 Å². The van der Waals surface area contributed by atoms with Gasteiger partial charge in [0.1, 0.15) is 8.07 Å². The van der Waals surface area contributed by atoms with Gasteiger partial charge in [0.05, 0.1) is 22.4 Å². The zero-order valence-corrected chi connectivity index (χ0v) is 30.4. The van der Waals surface area contributed by atoms with E-state index in [-0.39, 0.29) is 5.41 Å². The summed E-state index contributed by atoms with van der Waals surface area (Å²) in [6, 6.07) is 51.7. The first kappa shape index (κ1) is 28.8. The lowest BCUT2D eigenvalue weighted by atomic mass is 9.41. The van der Waals surface area contributed by atoms with Crippen LogP contribution in [0.2, 0.25) is 13.1 Å². The predicted octanol–water partition coefficient (Wildman–Crippen LogP) is 11.1. The second-order valence-corrected chi connectivity index (χ2v) is 21.3. The lowest BCUT2D eigenvalue weighted by molar-refractivity contribution is -0.0419. The van der Waals surface area contributed by atoms with Crippen molar-refractivity contribution in [3.05, 3.63) is 145 Å². The maximum absolute atomic E-state index is 2.60. The van der Waals surface area contributed by atoms with E-state index in [4.69, 9.17) is 0 Å². The molecule has 0 N–H and O–H groups in total. The van der Waals surface area contributed by atoms with Crippen molar-refractivity contribution >= 4 is 57.3 Å². The third-order valence-corrected chi connectivity index (χ3v) is 17.9. The summed E-state index contributed by atoms with van der Waals surface area (Å²) in [5.41, 5.74) is 13.9. The highest BCUT2D eigenvalue weighted by atomic mass is 28.3. The Kier molecular flexibility index (Phi) is 5.60. The summed E-state index contributed by atoms with van der Waals surface area (Å²) < 4.78 is 2.51. The fourth-order valence-electron chi connectivity index (χ4n) is 12.6. The number of aromatic nitrogens is 1. The summed E-state index contributed by atoms with van der Waals surface area (Å²) in [6.45, 7) is 5.00. The first-order valence-electron chi connectivity index (χ1n) is 19.3. The van der Waals surface area contributed by atoms with Crippen molar-refractivity contribution in [3.63, 3.8) is 0 Å². The van der Waals surface area contributed by atoms with Gasteiger partial charge in [-0.2, -0.15) is 0 Å². The third kappa shape index (κ3) is 3.58. The van der Waals surface area contributed by atoms with E-state index in [0.717, 1.165) is 23.7 Å². The molecule has 3 heterocycles. The minimum atomic E-state index is -1.72. The number of hydrogen-bond acceptors (Lipinski definition) is 1. The van der Waals surface area contributed by atoms with Crippen molar-refractivity contribution in [3.8, 4) is 16.8 Å². The average molecular weight is 675 g/mol. The van der Waals surface area contributed by atoms with Gasteiger partial charge < -0.3 is 9.47 Å². The van der Waals surface area contributed by atoms with Gasteiger partial charge in [-0.05, 0) is 137 Å². The van der Waals surface area contributed by atoms with Gasteiger partial charge >= 0.3 is 0 Å². The highest BCUT2D eigenvalue weighted by molar-refractivity contribution is 7.03. The standard InChI is InChI=1S/C48H42N2Si/c1-51(2)46-18-10-4-12-37(46)39-29-35(20-22-47(39)51)49-42-15-7-3-11-36(42)38-28-34(19-21-43(38)49)50-44-16-8-5-13-40(44)48(41-14-6-9-17-45(41)50)32-24-30-23-31(26-32)27-33(48)25-30/h3-22,28-33H,23-27H2,1-2H3. The minimum Gasteiger partial charge on any atom is -0.310 e. The Morgan fingerprint density at radius 3 is 1.84 bits per heavy atom. The number of anilines is 3. The second kappa shape index (κ2) is 9.92. The van der Waals surface area contributed by atoms with Gasteiger partial charge in [0.2, 0.25) is 0 Å². The number of fused-ring (bicyclic) bond motifs is 8. The Bertz CT molecular complexity index is 2530. The normalized spacial score (nSPS) is 24.2. The molecule has 0 unspecified atom stereocenters. The van der Waals surface area contributed by atoms with Crippen LogP contribution < -0.4 is 15.3 Å². The quantitative estimate of drug-likeness (QED) is 0.166. The van der Waals surface area contributed by atoms with Crippen molar-refractivity contribution in [2.75, 3.05) is 4.90 Å². The van der Waals surface area contributed by atoms with Crippen LogP contribution in [0.5, 0.6) is 0 Å². The zero-order valence-electron chi connectivity index (χ0n) is 29.4. The molecule has 13 rings (SSSR count). The molecule has 0 amide bonds. The third-order valence-electron chi connectivity index (χ3n) is 14.3. The Hall–Kier alpha value is -4.86. The van der Waals surface area contributed by atoms with Crippen molar-refractivity contribution < 1.29 is 0 Å². The first-order valence-corrected chi connectivity index (χ1v) is 22.3. The van der Waals surface area contributed by atoms with Crippen LogP contribution in [0.15, 0.2) is 133 Å². The fraction of sp³-hybridized carbons (Fsp3) is 0.250. The molecule has 4 fully saturated rings. The van der Waals surface area contributed by atoms with Crippen LogP contribution in [0, 0.1) is 23.7 Å². The fourth-order valence-corrected chi connectivity index (χ4v) is 15.7. The van der Waals surface area contributed by atoms with Gasteiger partial charge in [0.25, 0.3) is 0 Å². The Labute approximate surface area is 301 Å². The molecule has 51 heavy (non-hydrogen) atoms. The van der Waals surface area contributed by atoms with E-state index in [1.807, 2.05) is 0 Å². The molecule has 3 heteroatoms. The molecule has 6 aliphatic rings. The monoisotopic (exact) mass is 674 g/mol. The van der Waals surface area contributed by atoms with Crippen molar-refractivity contribution in [2.24, 2.45) is 23.7 Å². The van der Waals surface area contributed by atoms with Crippen LogP contribution in [0.1, 0.15) is 43.2 Å². The Morgan fingerprint density at radius 1 is 0.510 bits per heavy atom. The van der Waals surface area contributed by atoms with Crippen LogP contribution in [0.25, 0.3) is 38.6 Å². The van der Waals surface area contributed by atoms with Crippen LogP contribution in [0.4, 0.5) is 17.1 Å². The van der Waals surface area contributed by atoms with E-state index in [9.17, 15) is 0 Å². The van der Waals surface area contributed by atoms with Crippen LogP contribution >= 0.6 is 0 Å². The molecule has 0 saturated heterocycles. The summed E-state index contributed by atoms with van der Waals surface area (Å²) >= 11 is 0. The lowest BCUT2D eigenvalue weighted by Gasteiger charge is -2.64. The molecule has 4 aliphatic carbocycles. The molecule has 1 spiro atoms. The van der Waals surface area contributed by atoms with Gasteiger partial charge in [0, 0.05) is 27.6 Å². The summed E-state index contributed by atoms with van der Waals surface area (Å²) in [5.74, 6) is 3.35. The van der Waals surface area contributed by atoms with Crippen molar-refractivity contribution in [2.45, 2.75) is 50.6 Å². The molecular formula is C48H42N2Si. The summed E-state index contributed by atoms with van der Waals surface area (Å²) in [4.78, 5) is 2.60. The van der Waals surface area contributed by atoms with E-state index < -0.39 is 8.07 Å². The average Bonchev–Trinajstić information content (AvgIpc) is 3.61. The number of hydrogen-bond donors (Lipinski definition) is 0. The molecule has 0 atom stereocenters. The predicted molar refractivity (Wildman–Crippen MR) is 215 cm³/mol. The second-order valence-electron chi connectivity index (χ2n) is 17.0. The van der Waals surface area contributed by atoms with E-state index in [1.54, 1.807) is 21.5 Å². The smallest absolute Gasteiger partial charge is 0.113 e.